The Balaban J connectivity index is 1.46. The second-order valence-corrected chi connectivity index (χ2v) is 7.27. The number of anilines is 1. The molecule has 2 aromatic heterocycles. The number of carbonyl (C=O) groups is 1. The lowest BCUT2D eigenvalue weighted by Gasteiger charge is -2.28. The normalized spacial score (nSPS) is 19.9. The number of nitrogens with two attached hydrogens (primary N) is 2. The van der Waals surface area contributed by atoms with Crippen molar-refractivity contribution in [1.29, 1.82) is 0 Å². The highest BCUT2D eigenvalue weighted by Crippen LogP contribution is 2.37. The first-order chi connectivity index (χ1) is 13.2. The number of nitrogen functional groups attached to an aromatic ring is 1. The Morgan fingerprint density at radius 2 is 1.89 bits per heavy atom. The molecule has 1 aliphatic carbocycles. The minimum absolute atomic E-state index is 0.0665. The zero-order valence-electron chi connectivity index (χ0n) is 15.1. The molecular formula is C20H24N6O. The SMILES string of the molecule is NNC(=O)CC1CCC(c2ccc(-c3cnc4ccnn4c3N)cc2)CC1. The first-order valence-corrected chi connectivity index (χ1v) is 9.33. The van der Waals surface area contributed by atoms with Crippen molar-refractivity contribution in [2.75, 3.05) is 5.73 Å². The largest absolute Gasteiger partial charge is 0.383 e. The van der Waals surface area contributed by atoms with Crippen LogP contribution in [-0.4, -0.2) is 20.5 Å². The lowest BCUT2D eigenvalue weighted by molar-refractivity contribution is -0.122. The third-order valence-corrected chi connectivity index (χ3v) is 5.63. The van der Waals surface area contributed by atoms with Gasteiger partial charge in [0.25, 0.3) is 0 Å². The predicted molar refractivity (Wildman–Crippen MR) is 104 cm³/mol. The topological polar surface area (TPSA) is 111 Å². The third kappa shape index (κ3) is 3.50. The van der Waals surface area contributed by atoms with Gasteiger partial charge in [-0.05, 0) is 48.6 Å². The fourth-order valence-electron chi connectivity index (χ4n) is 4.07. The highest BCUT2D eigenvalue weighted by molar-refractivity contribution is 5.75. The van der Waals surface area contributed by atoms with Crippen LogP contribution < -0.4 is 17.0 Å². The van der Waals surface area contributed by atoms with Crippen LogP contribution in [0.5, 0.6) is 0 Å². The van der Waals surface area contributed by atoms with E-state index in [0.29, 0.717) is 24.1 Å². The van der Waals surface area contributed by atoms with E-state index in [1.807, 2.05) is 6.07 Å². The molecule has 7 nitrogen and oxygen atoms in total. The number of rotatable bonds is 4. The average Bonchev–Trinajstić information content (AvgIpc) is 3.19. The molecule has 1 saturated carbocycles. The molecule has 0 spiro atoms. The van der Waals surface area contributed by atoms with Crippen LogP contribution in [0.15, 0.2) is 42.7 Å². The van der Waals surface area contributed by atoms with Gasteiger partial charge in [-0.25, -0.2) is 10.8 Å². The maximum absolute atomic E-state index is 11.4. The molecule has 3 aromatic rings. The second-order valence-electron chi connectivity index (χ2n) is 7.27. The minimum Gasteiger partial charge on any atom is -0.383 e. The van der Waals surface area contributed by atoms with E-state index in [-0.39, 0.29) is 5.91 Å². The van der Waals surface area contributed by atoms with E-state index < -0.39 is 0 Å². The van der Waals surface area contributed by atoms with Crippen LogP contribution in [-0.2, 0) is 4.79 Å². The van der Waals surface area contributed by atoms with E-state index in [9.17, 15) is 4.79 Å². The molecule has 0 atom stereocenters. The maximum Gasteiger partial charge on any atom is 0.234 e. The summed E-state index contributed by atoms with van der Waals surface area (Å²) in [5.74, 6) is 6.70. The molecular weight excluding hydrogens is 340 g/mol. The molecule has 0 radical (unpaired) electrons. The highest BCUT2D eigenvalue weighted by Gasteiger charge is 2.24. The summed E-state index contributed by atoms with van der Waals surface area (Å²) in [5.41, 5.74) is 12.5. The number of fused-ring (bicyclic) bond motifs is 1. The van der Waals surface area contributed by atoms with E-state index in [1.165, 1.54) is 5.56 Å². The monoisotopic (exact) mass is 364 g/mol. The van der Waals surface area contributed by atoms with Crippen LogP contribution in [0.4, 0.5) is 5.82 Å². The number of hydrazine groups is 1. The summed E-state index contributed by atoms with van der Waals surface area (Å²) in [7, 11) is 0. The van der Waals surface area contributed by atoms with Gasteiger partial charge in [0.05, 0.1) is 6.20 Å². The molecule has 1 fully saturated rings. The molecule has 27 heavy (non-hydrogen) atoms. The summed E-state index contributed by atoms with van der Waals surface area (Å²) in [6.07, 6.45) is 8.35. The summed E-state index contributed by atoms with van der Waals surface area (Å²) in [6.45, 7) is 0. The van der Waals surface area contributed by atoms with Crippen LogP contribution in [0.2, 0.25) is 0 Å². The number of nitrogens with one attached hydrogen (secondary N) is 1. The number of carbonyl (C=O) groups excluding carboxylic acids is 1. The van der Waals surface area contributed by atoms with Crippen molar-refractivity contribution in [3.05, 3.63) is 48.3 Å². The van der Waals surface area contributed by atoms with Crippen molar-refractivity contribution in [2.24, 2.45) is 11.8 Å². The third-order valence-electron chi connectivity index (χ3n) is 5.63. The van der Waals surface area contributed by atoms with Crippen molar-refractivity contribution < 1.29 is 4.79 Å². The average molecular weight is 364 g/mol. The van der Waals surface area contributed by atoms with Gasteiger partial charge in [-0.2, -0.15) is 9.61 Å². The van der Waals surface area contributed by atoms with Gasteiger partial charge in [-0.1, -0.05) is 24.3 Å². The lowest BCUT2D eigenvalue weighted by atomic mass is 9.77. The van der Waals surface area contributed by atoms with Gasteiger partial charge in [-0.15, -0.1) is 0 Å². The molecule has 2 heterocycles. The van der Waals surface area contributed by atoms with Gasteiger partial charge in [0, 0.05) is 24.2 Å². The zero-order chi connectivity index (χ0) is 18.8. The molecule has 5 N–H and O–H groups in total. The summed E-state index contributed by atoms with van der Waals surface area (Å²) < 4.78 is 1.65. The Morgan fingerprint density at radius 1 is 1.15 bits per heavy atom. The highest BCUT2D eigenvalue weighted by atomic mass is 16.2. The van der Waals surface area contributed by atoms with Gasteiger partial charge in [0.2, 0.25) is 5.91 Å². The predicted octanol–water partition coefficient (Wildman–Crippen LogP) is 2.63. The van der Waals surface area contributed by atoms with Crippen molar-refractivity contribution in [3.63, 3.8) is 0 Å². The van der Waals surface area contributed by atoms with Crippen molar-refractivity contribution in [2.45, 2.75) is 38.0 Å². The molecule has 4 rings (SSSR count). The first kappa shape index (κ1) is 17.5. The van der Waals surface area contributed by atoms with Gasteiger partial charge in [-0.3, -0.25) is 10.2 Å². The Morgan fingerprint density at radius 3 is 2.59 bits per heavy atom. The van der Waals surface area contributed by atoms with E-state index in [0.717, 1.165) is 42.5 Å². The first-order valence-electron chi connectivity index (χ1n) is 9.33. The molecule has 1 aromatic carbocycles. The van der Waals surface area contributed by atoms with Gasteiger partial charge >= 0.3 is 0 Å². The number of benzene rings is 1. The van der Waals surface area contributed by atoms with E-state index in [2.05, 4.69) is 39.8 Å². The fraction of sp³-hybridized carbons (Fsp3) is 0.350. The summed E-state index contributed by atoms with van der Waals surface area (Å²) in [6, 6.07) is 10.4. The fourth-order valence-corrected chi connectivity index (χ4v) is 4.07. The molecule has 0 unspecified atom stereocenters. The number of hydrogen-bond donors (Lipinski definition) is 3. The molecule has 1 amide bonds. The van der Waals surface area contributed by atoms with Crippen LogP contribution in [0.3, 0.4) is 0 Å². The van der Waals surface area contributed by atoms with Crippen molar-refractivity contribution in [3.8, 4) is 11.1 Å². The van der Waals surface area contributed by atoms with Crippen LogP contribution >= 0.6 is 0 Å². The lowest BCUT2D eigenvalue weighted by Crippen LogP contribution is -2.32. The van der Waals surface area contributed by atoms with Crippen LogP contribution in [0.1, 0.15) is 43.6 Å². The standard InChI is InChI=1S/C20H24N6O/c21-20-17(12-23-18-9-10-24-26(18)20)16-7-5-15(6-8-16)14-3-1-13(2-4-14)11-19(27)25-22/h5-10,12-14H,1-4,11,21-22H2,(H,25,27). The van der Waals surface area contributed by atoms with Gasteiger partial charge in [0.1, 0.15) is 5.82 Å². The van der Waals surface area contributed by atoms with Gasteiger partial charge < -0.3 is 5.73 Å². The van der Waals surface area contributed by atoms with Crippen LogP contribution in [0, 0.1) is 5.92 Å². The minimum atomic E-state index is -0.0665. The molecule has 7 heteroatoms. The molecule has 140 valence electrons. The van der Waals surface area contributed by atoms with Crippen molar-refractivity contribution in [1.82, 2.24) is 20.0 Å². The number of hydrogen-bond acceptors (Lipinski definition) is 5. The molecule has 0 bridgehead atoms. The molecule has 0 saturated heterocycles. The number of nitrogens with zero attached hydrogens (tertiary/aromatic N) is 3. The van der Waals surface area contributed by atoms with E-state index in [4.69, 9.17) is 11.6 Å². The maximum atomic E-state index is 11.4. The smallest absolute Gasteiger partial charge is 0.234 e. The molecule has 1 aliphatic rings. The summed E-state index contributed by atoms with van der Waals surface area (Å²) in [5, 5.41) is 4.22. The Kier molecular flexibility index (Phi) is 4.77. The Hall–Kier alpha value is -2.93. The number of aromatic nitrogens is 3. The van der Waals surface area contributed by atoms with Gasteiger partial charge in [0.15, 0.2) is 5.65 Å². The van der Waals surface area contributed by atoms with Crippen LogP contribution in [0.25, 0.3) is 16.8 Å². The quantitative estimate of drug-likeness (QED) is 0.374. The number of amides is 1. The van der Waals surface area contributed by atoms with Crippen molar-refractivity contribution >= 4 is 17.4 Å². The zero-order valence-corrected chi connectivity index (χ0v) is 15.1. The molecule has 0 aliphatic heterocycles. The summed E-state index contributed by atoms with van der Waals surface area (Å²) >= 11 is 0. The van der Waals surface area contributed by atoms with E-state index >= 15 is 0 Å². The van der Waals surface area contributed by atoms with E-state index in [1.54, 1.807) is 16.9 Å². The second kappa shape index (κ2) is 7.36. The summed E-state index contributed by atoms with van der Waals surface area (Å²) in [4.78, 5) is 15.8. The Bertz CT molecular complexity index is 941. The Labute approximate surface area is 157 Å².